The van der Waals surface area contributed by atoms with Crippen LogP contribution in [0.15, 0.2) is 70.4 Å². The third-order valence-electron chi connectivity index (χ3n) is 4.34. The molecule has 0 bridgehead atoms. The summed E-state index contributed by atoms with van der Waals surface area (Å²) in [5.41, 5.74) is 2.23. The lowest BCUT2D eigenvalue weighted by Gasteiger charge is -2.06. The van der Waals surface area contributed by atoms with Gasteiger partial charge in [-0.25, -0.2) is 28.4 Å². The normalized spacial score (nSPS) is 11.3. The van der Waals surface area contributed by atoms with E-state index in [9.17, 15) is 13.2 Å². The summed E-state index contributed by atoms with van der Waals surface area (Å²) in [7, 11) is -3.33. The number of nitrogens with one attached hydrogen (secondary N) is 1. The molecular formula is C21H17N5O4S. The monoisotopic (exact) mass is 435 g/mol. The fourth-order valence-electron chi connectivity index (χ4n) is 2.87. The Hall–Kier alpha value is -3.92. The van der Waals surface area contributed by atoms with Crippen LogP contribution in [-0.2, 0) is 9.84 Å². The second-order valence-electron chi connectivity index (χ2n) is 6.71. The summed E-state index contributed by atoms with van der Waals surface area (Å²) >= 11 is 0. The smallest absolute Gasteiger partial charge is 0.294 e. The van der Waals surface area contributed by atoms with Gasteiger partial charge in [-0.2, -0.15) is 0 Å². The fraction of sp³-hybridized carbons (Fsp3) is 0.0952. The van der Waals surface area contributed by atoms with Crippen molar-refractivity contribution in [3.63, 3.8) is 0 Å². The van der Waals surface area contributed by atoms with Crippen LogP contribution in [0.25, 0.3) is 22.8 Å². The summed E-state index contributed by atoms with van der Waals surface area (Å²) in [4.78, 5) is 30.0. The summed E-state index contributed by atoms with van der Waals surface area (Å²) in [5, 5.41) is 2.67. The molecule has 0 aliphatic carbocycles. The molecule has 1 amide bonds. The van der Waals surface area contributed by atoms with E-state index in [-0.39, 0.29) is 22.2 Å². The van der Waals surface area contributed by atoms with Crippen LogP contribution < -0.4 is 5.32 Å². The predicted octanol–water partition coefficient (Wildman–Crippen LogP) is 3.16. The van der Waals surface area contributed by atoms with Crippen LogP contribution in [0.5, 0.6) is 0 Å². The van der Waals surface area contributed by atoms with Gasteiger partial charge in [-0.3, -0.25) is 4.79 Å². The van der Waals surface area contributed by atoms with Gasteiger partial charge < -0.3 is 9.73 Å². The number of amides is 1. The number of carbonyl (C=O) groups is 1. The molecule has 31 heavy (non-hydrogen) atoms. The van der Waals surface area contributed by atoms with Crippen molar-refractivity contribution in [1.82, 2.24) is 19.9 Å². The first-order chi connectivity index (χ1) is 14.8. The zero-order valence-corrected chi connectivity index (χ0v) is 17.4. The first kappa shape index (κ1) is 20.4. The zero-order chi connectivity index (χ0) is 22.0. The highest BCUT2D eigenvalue weighted by Gasteiger charge is 2.20. The van der Waals surface area contributed by atoms with E-state index in [1.54, 1.807) is 24.3 Å². The number of benzene rings is 1. The Morgan fingerprint density at radius 1 is 1.00 bits per heavy atom. The highest BCUT2D eigenvalue weighted by molar-refractivity contribution is 7.90. The summed E-state index contributed by atoms with van der Waals surface area (Å²) in [5.74, 6) is 0.0613. The first-order valence-electron chi connectivity index (χ1n) is 9.14. The third-order valence-corrected chi connectivity index (χ3v) is 5.47. The molecule has 0 aliphatic heterocycles. The van der Waals surface area contributed by atoms with Crippen molar-refractivity contribution < 1.29 is 17.6 Å². The number of sulfone groups is 1. The van der Waals surface area contributed by atoms with Crippen LogP contribution in [0.2, 0.25) is 0 Å². The number of hydrogen-bond donors (Lipinski definition) is 1. The van der Waals surface area contributed by atoms with Gasteiger partial charge in [0.2, 0.25) is 5.76 Å². The molecule has 0 fully saturated rings. The average molecular weight is 435 g/mol. The second-order valence-corrected chi connectivity index (χ2v) is 8.73. The lowest BCUT2D eigenvalue weighted by molar-refractivity contribution is 0.0997. The molecule has 1 N–H and O–H groups in total. The van der Waals surface area contributed by atoms with Crippen molar-refractivity contribution in [1.29, 1.82) is 0 Å². The summed E-state index contributed by atoms with van der Waals surface area (Å²) < 4.78 is 28.6. The molecule has 1 aromatic carbocycles. The van der Waals surface area contributed by atoms with Crippen molar-refractivity contribution in [2.24, 2.45) is 0 Å². The molecule has 0 spiro atoms. The van der Waals surface area contributed by atoms with E-state index >= 15 is 0 Å². The van der Waals surface area contributed by atoms with E-state index in [2.05, 4.69) is 25.3 Å². The highest BCUT2D eigenvalue weighted by Crippen LogP contribution is 2.24. The van der Waals surface area contributed by atoms with Crippen molar-refractivity contribution >= 4 is 21.6 Å². The van der Waals surface area contributed by atoms with Crippen LogP contribution in [-0.4, -0.2) is 40.5 Å². The summed E-state index contributed by atoms with van der Waals surface area (Å²) in [6.07, 6.45) is 3.79. The number of pyridine rings is 1. The first-order valence-corrected chi connectivity index (χ1v) is 11.0. The second kappa shape index (κ2) is 8.07. The molecule has 0 saturated heterocycles. The standard InChI is InChI=1S/C21H17N5O4S/c1-13-4-3-5-16(24-13)20-22-11-10-17(25-20)26-21(27)19-18(23-12-30-19)14-6-8-15(9-7-14)31(2,28)29/h3-12H,1-2H3,(H,22,25,26,27). The number of carbonyl (C=O) groups excluding carboxylic acids is 1. The molecular weight excluding hydrogens is 418 g/mol. The Balaban J connectivity index is 1.58. The lowest BCUT2D eigenvalue weighted by Crippen LogP contribution is -2.14. The van der Waals surface area contributed by atoms with E-state index < -0.39 is 15.7 Å². The minimum atomic E-state index is -3.33. The van der Waals surface area contributed by atoms with Crippen LogP contribution in [0.3, 0.4) is 0 Å². The number of oxazole rings is 1. The maximum atomic E-state index is 12.8. The molecule has 4 rings (SSSR count). The maximum absolute atomic E-state index is 12.8. The molecule has 0 saturated carbocycles. The zero-order valence-electron chi connectivity index (χ0n) is 16.6. The van der Waals surface area contributed by atoms with Gasteiger partial charge in [0, 0.05) is 23.7 Å². The van der Waals surface area contributed by atoms with Gasteiger partial charge in [-0.05, 0) is 37.3 Å². The Bertz CT molecular complexity index is 1360. The molecule has 10 heteroatoms. The molecule has 3 aromatic heterocycles. The molecule has 0 atom stereocenters. The molecule has 0 unspecified atom stereocenters. The fourth-order valence-corrected chi connectivity index (χ4v) is 3.50. The summed E-state index contributed by atoms with van der Waals surface area (Å²) in [6.45, 7) is 1.86. The largest absolute Gasteiger partial charge is 0.438 e. The molecule has 3 heterocycles. The molecule has 0 aliphatic rings. The van der Waals surface area contributed by atoms with Gasteiger partial charge in [-0.15, -0.1) is 0 Å². The third kappa shape index (κ3) is 4.48. The molecule has 9 nitrogen and oxygen atoms in total. The number of nitrogens with zero attached hydrogens (tertiary/aromatic N) is 4. The Labute approximate surface area is 178 Å². The van der Waals surface area contributed by atoms with Gasteiger partial charge in [-0.1, -0.05) is 18.2 Å². The average Bonchev–Trinajstić information content (AvgIpc) is 3.24. The maximum Gasteiger partial charge on any atom is 0.294 e. The van der Waals surface area contributed by atoms with Gasteiger partial charge in [0.15, 0.2) is 22.1 Å². The minimum Gasteiger partial charge on any atom is -0.438 e. The quantitative estimate of drug-likeness (QED) is 0.506. The lowest BCUT2D eigenvalue weighted by atomic mass is 10.1. The molecule has 4 aromatic rings. The van der Waals surface area contributed by atoms with E-state index in [1.165, 1.54) is 18.3 Å². The van der Waals surface area contributed by atoms with Gasteiger partial charge >= 0.3 is 0 Å². The van der Waals surface area contributed by atoms with Crippen molar-refractivity contribution in [3.05, 3.63) is 72.6 Å². The molecule has 156 valence electrons. The SMILES string of the molecule is Cc1cccc(-c2nccc(NC(=O)c3ocnc3-c3ccc(S(C)(=O)=O)cc3)n2)n1. The van der Waals surface area contributed by atoms with Gasteiger partial charge in [0.25, 0.3) is 5.91 Å². The van der Waals surface area contributed by atoms with Crippen LogP contribution >= 0.6 is 0 Å². The molecule has 0 radical (unpaired) electrons. The number of rotatable bonds is 5. The van der Waals surface area contributed by atoms with Crippen LogP contribution in [0.1, 0.15) is 16.2 Å². The van der Waals surface area contributed by atoms with Crippen molar-refractivity contribution in [2.45, 2.75) is 11.8 Å². The van der Waals surface area contributed by atoms with E-state index in [0.717, 1.165) is 18.3 Å². The Kier molecular flexibility index (Phi) is 5.30. The van der Waals surface area contributed by atoms with E-state index in [4.69, 9.17) is 4.42 Å². The number of aryl methyl sites for hydroxylation is 1. The highest BCUT2D eigenvalue weighted by atomic mass is 32.2. The number of hydrogen-bond acceptors (Lipinski definition) is 8. The van der Waals surface area contributed by atoms with Crippen molar-refractivity contribution in [2.75, 3.05) is 11.6 Å². The Morgan fingerprint density at radius 2 is 1.77 bits per heavy atom. The van der Waals surface area contributed by atoms with E-state index in [0.29, 0.717) is 17.1 Å². The van der Waals surface area contributed by atoms with Crippen LogP contribution in [0, 0.1) is 6.92 Å². The topological polar surface area (TPSA) is 128 Å². The van der Waals surface area contributed by atoms with Crippen LogP contribution in [0.4, 0.5) is 5.82 Å². The van der Waals surface area contributed by atoms with E-state index in [1.807, 2.05) is 19.1 Å². The van der Waals surface area contributed by atoms with Gasteiger partial charge in [0.1, 0.15) is 17.2 Å². The number of anilines is 1. The Morgan fingerprint density at radius 3 is 2.48 bits per heavy atom. The minimum absolute atomic E-state index is 0.0269. The number of aromatic nitrogens is 4. The summed E-state index contributed by atoms with van der Waals surface area (Å²) in [6, 6.07) is 13.1. The predicted molar refractivity (Wildman–Crippen MR) is 113 cm³/mol. The van der Waals surface area contributed by atoms with Crippen molar-refractivity contribution in [3.8, 4) is 22.8 Å². The van der Waals surface area contributed by atoms with Gasteiger partial charge in [0.05, 0.1) is 4.90 Å².